The number of rotatable bonds is 7. The van der Waals surface area contributed by atoms with Crippen LogP contribution < -0.4 is 9.47 Å². The number of likely N-dealkylation sites (N-methyl/N-ethyl adjacent to an activating group) is 1. The Morgan fingerprint density at radius 3 is 2.77 bits per heavy atom. The van der Waals surface area contributed by atoms with Gasteiger partial charge in [-0.05, 0) is 86.1 Å². The van der Waals surface area contributed by atoms with Gasteiger partial charge in [-0.25, -0.2) is 0 Å². The van der Waals surface area contributed by atoms with Crippen LogP contribution in [0.3, 0.4) is 0 Å². The molecule has 0 saturated heterocycles. The van der Waals surface area contributed by atoms with Gasteiger partial charge in [0.1, 0.15) is 18.1 Å². The number of ether oxygens (including phenoxy) is 2. The maximum Gasteiger partial charge on any atom is 0.247 e. The van der Waals surface area contributed by atoms with Gasteiger partial charge in [-0.1, -0.05) is 36.4 Å². The van der Waals surface area contributed by atoms with E-state index in [0.717, 1.165) is 46.7 Å². The summed E-state index contributed by atoms with van der Waals surface area (Å²) in [6, 6.07) is 22.8. The Bertz CT molecular complexity index is 1520. The minimum atomic E-state index is -0.182. The number of para-hydroxylation sites is 1. The highest BCUT2D eigenvalue weighted by Gasteiger charge is 2.34. The third kappa shape index (κ3) is 5.04. The summed E-state index contributed by atoms with van der Waals surface area (Å²) >= 11 is 0. The highest BCUT2D eigenvalue weighted by Crippen LogP contribution is 2.40. The Morgan fingerprint density at radius 2 is 1.95 bits per heavy atom. The summed E-state index contributed by atoms with van der Waals surface area (Å²) < 4.78 is 11.7. The maximum absolute atomic E-state index is 13.7. The molecule has 6 rings (SSSR count). The molecule has 0 spiro atoms. The normalized spacial score (nSPS) is 17.3. The molecule has 3 heterocycles. The minimum Gasteiger partial charge on any atom is -0.493 e. The lowest BCUT2D eigenvalue weighted by atomic mass is 9.91. The lowest BCUT2D eigenvalue weighted by Crippen LogP contribution is -2.39. The van der Waals surface area contributed by atoms with Crippen LogP contribution in [-0.2, 0) is 17.6 Å². The van der Waals surface area contributed by atoms with Crippen molar-refractivity contribution >= 4 is 22.9 Å². The number of benzene rings is 3. The molecule has 2 atom stereocenters. The summed E-state index contributed by atoms with van der Waals surface area (Å²) in [7, 11) is 4.09. The molecule has 2 aliphatic heterocycles. The number of nitrogens with zero attached hydrogens (tertiary/aromatic N) is 2. The van der Waals surface area contributed by atoms with E-state index in [0.29, 0.717) is 25.8 Å². The van der Waals surface area contributed by atoms with Crippen molar-refractivity contribution in [3.63, 3.8) is 0 Å². The standard InChI is InChI=1S/C33H35N3O3/c1-22(35(2)3)21-39-26-12-8-23(9-13-26)10-15-31(37)36-18-16-28-27-6-4-5-7-29(27)34-32(28)33(36)25-11-14-30-24(20-25)17-19-38-30/h4-15,20,22,33-34H,16-19,21H2,1-3H3/b15-10+/t22-,33?/m1/s1. The average Bonchev–Trinajstić information content (AvgIpc) is 3.58. The van der Waals surface area contributed by atoms with Crippen LogP contribution in [0.1, 0.15) is 40.9 Å². The molecule has 0 bridgehead atoms. The number of amides is 1. The van der Waals surface area contributed by atoms with Crippen molar-refractivity contribution in [3.05, 3.63) is 101 Å². The molecule has 2 aliphatic rings. The maximum atomic E-state index is 13.7. The Kier molecular flexibility index (Phi) is 6.88. The van der Waals surface area contributed by atoms with E-state index in [-0.39, 0.29) is 11.9 Å². The van der Waals surface area contributed by atoms with Gasteiger partial charge in [0.05, 0.1) is 12.6 Å². The smallest absolute Gasteiger partial charge is 0.247 e. The first-order valence-electron chi connectivity index (χ1n) is 13.7. The predicted molar refractivity (Wildman–Crippen MR) is 155 cm³/mol. The highest BCUT2D eigenvalue weighted by molar-refractivity contribution is 5.93. The van der Waals surface area contributed by atoms with E-state index in [4.69, 9.17) is 9.47 Å². The number of aromatic amines is 1. The van der Waals surface area contributed by atoms with Gasteiger partial charge in [-0.2, -0.15) is 0 Å². The quantitative estimate of drug-likeness (QED) is 0.321. The number of carbonyl (C=O) groups excluding carboxylic acids is 1. The Balaban J connectivity index is 1.26. The molecule has 0 fully saturated rings. The van der Waals surface area contributed by atoms with E-state index in [1.807, 2.05) is 49.3 Å². The molecule has 0 saturated carbocycles. The van der Waals surface area contributed by atoms with E-state index < -0.39 is 0 Å². The zero-order valence-corrected chi connectivity index (χ0v) is 22.8. The lowest BCUT2D eigenvalue weighted by molar-refractivity contribution is -0.128. The molecule has 1 unspecified atom stereocenters. The Morgan fingerprint density at radius 1 is 1.13 bits per heavy atom. The Labute approximate surface area is 229 Å². The van der Waals surface area contributed by atoms with E-state index in [1.54, 1.807) is 6.08 Å². The second-order valence-corrected chi connectivity index (χ2v) is 10.7. The topological polar surface area (TPSA) is 57.8 Å². The number of carbonyl (C=O) groups is 1. The second-order valence-electron chi connectivity index (χ2n) is 10.7. The molecule has 6 nitrogen and oxygen atoms in total. The van der Waals surface area contributed by atoms with Crippen LogP contribution >= 0.6 is 0 Å². The van der Waals surface area contributed by atoms with Crippen LogP contribution in [0.2, 0.25) is 0 Å². The molecule has 0 aliphatic carbocycles. The molecular weight excluding hydrogens is 486 g/mol. The number of hydrogen-bond donors (Lipinski definition) is 1. The van der Waals surface area contributed by atoms with Crippen LogP contribution in [0.25, 0.3) is 17.0 Å². The minimum absolute atomic E-state index is 0.00110. The van der Waals surface area contributed by atoms with E-state index in [9.17, 15) is 4.79 Å². The molecule has 6 heteroatoms. The fraction of sp³-hybridized carbons (Fsp3) is 0.303. The molecule has 3 aromatic carbocycles. The highest BCUT2D eigenvalue weighted by atomic mass is 16.5. The van der Waals surface area contributed by atoms with Gasteiger partial charge in [0.15, 0.2) is 0 Å². The molecule has 4 aromatic rings. The van der Waals surface area contributed by atoms with Crippen molar-refractivity contribution in [2.24, 2.45) is 0 Å². The van der Waals surface area contributed by atoms with Crippen LogP contribution in [-0.4, -0.2) is 60.6 Å². The number of hydrogen-bond acceptors (Lipinski definition) is 4. The summed E-state index contributed by atoms with van der Waals surface area (Å²) in [4.78, 5) is 21.5. The van der Waals surface area contributed by atoms with Crippen molar-refractivity contribution in [2.75, 3.05) is 33.9 Å². The molecule has 39 heavy (non-hydrogen) atoms. The van der Waals surface area contributed by atoms with E-state index in [1.165, 1.54) is 16.5 Å². The first-order chi connectivity index (χ1) is 19.0. The van der Waals surface area contributed by atoms with Crippen molar-refractivity contribution in [1.29, 1.82) is 0 Å². The summed E-state index contributed by atoms with van der Waals surface area (Å²) in [6.07, 6.45) is 5.31. The predicted octanol–water partition coefficient (Wildman–Crippen LogP) is 5.62. The second kappa shape index (κ2) is 10.6. The molecule has 1 amide bonds. The van der Waals surface area contributed by atoms with Gasteiger partial charge in [0, 0.05) is 41.7 Å². The number of H-pyrrole nitrogens is 1. The molecule has 1 N–H and O–H groups in total. The summed E-state index contributed by atoms with van der Waals surface area (Å²) in [6.45, 7) is 4.13. The zero-order chi connectivity index (χ0) is 26.9. The fourth-order valence-corrected chi connectivity index (χ4v) is 5.51. The van der Waals surface area contributed by atoms with Gasteiger partial charge in [-0.15, -0.1) is 0 Å². The van der Waals surface area contributed by atoms with E-state index in [2.05, 4.69) is 59.3 Å². The van der Waals surface area contributed by atoms with Crippen molar-refractivity contribution in [2.45, 2.75) is 31.8 Å². The number of nitrogens with one attached hydrogen (secondary N) is 1. The number of aromatic nitrogens is 1. The Hall–Kier alpha value is -4.03. The average molecular weight is 522 g/mol. The third-order valence-corrected chi connectivity index (χ3v) is 8.02. The van der Waals surface area contributed by atoms with Crippen molar-refractivity contribution in [3.8, 4) is 11.5 Å². The van der Waals surface area contributed by atoms with Crippen LogP contribution in [0, 0.1) is 0 Å². The fourth-order valence-electron chi connectivity index (χ4n) is 5.51. The number of fused-ring (bicyclic) bond motifs is 4. The van der Waals surface area contributed by atoms with Crippen molar-refractivity contribution in [1.82, 2.24) is 14.8 Å². The first kappa shape index (κ1) is 25.3. The van der Waals surface area contributed by atoms with Gasteiger partial charge in [0.2, 0.25) is 5.91 Å². The van der Waals surface area contributed by atoms with Crippen LogP contribution in [0.5, 0.6) is 11.5 Å². The zero-order valence-electron chi connectivity index (χ0n) is 22.8. The SMILES string of the molecule is C[C@H](COc1ccc(/C=C/C(=O)N2CCc3c([nH]c4ccccc34)C2c2ccc3c(c2)CCO3)cc1)N(C)C. The van der Waals surface area contributed by atoms with Crippen LogP contribution in [0.4, 0.5) is 0 Å². The van der Waals surface area contributed by atoms with Crippen LogP contribution in [0.15, 0.2) is 72.8 Å². The molecular formula is C33H35N3O3. The van der Waals surface area contributed by atoms with Crippen molar-refractivity contribution < 1.29 is 14.3 Å². The van der Waals surface area contributed by atoms with Gasteiger partial charge in [0.25, 0.3) is 0 Å². The molecule has 1 aromatic heterocycles. The van der Waals surface area contributed by atoms with Gasteiger partial charge < -0.3 is 24.3 Å². The van der Waals surface area contributed by atoms with E-state index >= 15 is 0 Å². The third-order valence-electron chi connectivity index (χ3n) is 8.02. The summed E-state index contributed by atoms with van der Waals surface area (Å²) in [5.74, 6) is 1.78. The first-order valence-corrected chi connectivity index (χ1v) is 13.7. The van der Waals surface area contributed by atoms with Gasteiger partial charge in [-0.3, -0.25) is 4.79 Å². The lowest BCUT2D eigenvalue weighted by Gasteiger charge is -2.36. The largest absolute Gasteiger partial charge is 0.493 e. The molecule has 0 radical (unpaired) electrons. The summed E-state index contributed by atoms with van der Waals surface area (Å²) in [5, 5.41) is 1.24. The van der Waals surface area contributed by atoms with Gasteiger partial charge >= 0.3 is 0 Å². The molecule has 200 valence electrons. The summed E-state index contributed by atoms with van der Waals surface area (Å²) in [5.41, 5.74) is 6.81. The monoisotopic (exact) mass is 521 g/mol.